The largest absolute Gasteiger partial charge is 0.480 e. The molecular weight excluding hydrogens is 236 g/mol. The van der Waals surface area contributed by atoms with Gasteiger partial charge >= 0.3 is 5.97 Å². The summed E-state index contributed by atoms with van der Waals surface area (Å²) >= 11 is 0. The maximum Gasteiger partial charge on any atom is 0.320 e. The molecule has 2 rings (SSSR count). The maximum atomic E-state index is 10.6. The maximum absolute atomic E-state index is 10.6. The molecule has 1 aliphatic carbocycles. The summed E-state index contributed by atoms with van der Waals surface area (Å²) in [7, 11) is 0. The SMILES string of the molecule is NC(Cc1cn(CC2(O)CCCC2)nn1)C(=O)O. The minimum absolute atomic E-state index is 0.147. The van der Waals surface area contributed by atoms with Crippen LogP contribution in [0.5, 0.6) is 0 Å². The summed E-state index contributed by atoms with van der Waals surface area (Å²) in [6.07, 6.45) is 5.41. The van der Waals surface area contributed by atoms with Gasteiger partial charge < -0.3 is 15.9 Å². The van der Waals surface area contributed by atoms with E-state index in [1.54, 1.807) is 10.9 Å². The molecule has 1 aromatic rings. The van der Waals surface area contributed by atoms with E-state index in [4.69, 9.17) is 10.8 Å². The number of rotatable bonds is 5. The fourth-order valence-electron chi connectivity index (χ4n) is 2.31. The zero-order valence-electron chi connectivity index (χ0n) is 10.1. The Morgan fingerprint density at radius 1 is 1.56 bits per heavy atom. The number of hydrogen-bond donors (Lipinski definition) is 3. The Morgan fingerprint density at radius 2 is 2.22 bits per heavy atom. The normalized spacial score (nSPS) is 19.9. The molecule has 0 saturated heterocycles. The van der Waals surface area contributed by atoms with E-state index in [2.05, 4.69) is 10.3 Å². The van der Waals surface area contributed by atoms with Gasteiger partial charge in [0.05, 0.1) is 17.8 Å². The summed E-state index contributed by atoms with van der Waals surface area (Å²) in [6, 6.07) is -0.968. The Bertz CT molecular complexity index is 426. The van der Waals surface area contributed by atoms with Crippen molar-refractivity contribution in [1.82, 2.24) is 15.0 Å². The summed E-state index contributed by atoms with van der Waals surface area (Å²) in [5.74, 6) is -1.06. The number of carboxylic acids is 1. The predicted octanol–water partition coefficient (Wildman–Crippen LogP) is -0.462. The highest BCUT2D eigenvalue weighted by Crippen LogP contribution is 2.30. The first-order valence-corrected chi connectivity index (χ1v) is 6.08. The first kappa shape index (κ1) is 13.0. The predicted molar refractivity (Wildman–Crippen MR) is 62.8 cm³/mol. The van der Waals surface area contributed by atoms with Crippen molar-refractivity contribution in [2.24, 2.45) is 5.73 Å². The number of aromatic nitrogens is 3. The van der Waals surface area contributed by atoms with Crippen molar-refractivity contribution in [3.8, 4) is 0 Å². The molecule has 1 aromatic heterocycles. The number of aliphatic hydroxyl groups is 1. The lowest BCUT2D eigenvalue weighted by Crippen LogP contribution is -2.32. The lowest BCUT2D eigenvalue weighted by Gasteiger charge is -2.21. The zero-order valence-corrected chi connectivity index (χ0v) is 10.1. The van der Waals surface area contributed by atoms with Crippen LogP contribution in [0, 0.1) is 0 Å². The Labute approximate surface area is 105 Å². The Kier molecular flexibility index (Phi) is 3.63. The lowest BCUT2D eigenvalue weighted by molar-refractivity contribution is -0.138. The highest BCUT2D eigenvalue weighted by atomic mass is 16.4. The van der Waals surface area contributed by atoms with Gasteiger partial charge in [0.15, 0.2) is 0 Å². The van der Waals surface area contributed by atoms with Gasteiger partial charge in [-0.2, -0.15) is 0 Å². The van der Waals surface area contributed by atoms with Crippen LogP contribution in [0.1, 0.15) is 31.4 Å². The van der Waals surface area contributed by atoms with E-state index in [1.807, 2.05) is 0 Å². The van der Waals surface area contributed by atoms with Crippen molar-refractivity contribution in [1.29, 1.82) is 0 Å². The molecule has 0 bridgehead atoms. The first-order valence-electron chi connectivity index (χ1n) is 6.08. The third-order valence-corrected chi connectivity index (χ3v) is 3.32. The molecule has 1 unspecified atom stereocenters. The molecule has 1 saturated carbocycles. The van der Waals surface area contributed by atoms with Crippen LogP contribution >= 0.6 is 0 Å². The molecule has 7 nitrogen and oxygen atoms in total. The molecule has 0 radical (unpaired) electrons. The summed E-state index contributed by atoms with van der Waals surface area (Å²) in [6.45, 7) is 0.405. The second-order valence-electron chi connectivity index (χ2n) is 4.99. The van der Waals surface area contributed by atoms with Crippen LogP contribution in [0.4, 0.5) is 0 Å². The van der Waals surface area contributed by atoms with Crippen molar-refractivity contribution in [2.75, 3.05) is 0 Å². The van der Waals surface area contributed by atoms with Crippen molar-refractivity contribution >= 4 is 5.97 Å². The average Bonchev–Trinajstić information content (AvgIpc) is 2.89. The third kappa shape index (κ3) is 3.05. The molecule has 1 heterocycles. The minimum atomic E-state index is -1.06. The van der Waals surface area contributed by atoms with E-state index in [1.165, 1.54) is 0 Å². The molecule has 7 heteroatoms. The molecule has 0 spiro atoms. The van der Waals surface area contributed by atoms with Crippen LogP contribution in [0.25, 0.3) is 0 Å². The van der Waals surface area contributed by atoms with Crippen LogP contribution in [-0.2, 0) is 17.8 Å². The average molecular weight is 254 g/mol. The van der Waals surface area contributed by atoms with Crippen LogP contribution in [0.15, 0.2) is 6.20 Å². The summed E-state index contributed by atoms with van der Waals surface area (Å²) < 4.78 is 1.56. The van der Waals surface area contributed by atoms with E-state index in [9.17, 15) is 9.90 Å². The van der Waals surface area contributed by atoms with Crippen LogP contribution in [0.2, 0.25) is 0 Å². The van der Waals surface area contributed by atoms with Crippen molar-refractivity contribution < 1.29 is 15.0 Å². The standard InChI is InChI=1S/C11H18N4O3/c12-9(10(16)17)5-8-6-15(14-13-8)7-11(18)3-1-2-4-11/h6,9,18H,1-5,7,12H2,(H,16,17). The van der Waals surface area contributed by atoms with Gasteiger partial charge in [-0.05, 0) is 12.8 Å². The quantitative estimate of drug-likeness (QED) is 0.655. The second kappa shape index (κ2) is 5.03. The number of nitrogens with two attached hydrogens (primary N) is 1. The Morgan fingerprint density at radius 3 is 2.83 bits per heavy atom. The van der Waals surface area contributed by atoms with Gasteiger partial charge in [0.2, 0.25) is 0 Å². The molecule has 18 heavy (non-hydrogen) atoms. The van der Waals surface area contributed by atoms with Gasteiger partial charge in [0.1, 0.15) is 6.04 Å². The minimum Gasteiger partial charge on any atom is -0.480 e. The van der Waals surface area contributed by atoms with E-state index in [0.29, 0.717) is 12.2 Å². The topological polar surface area (TPSA) is 114 Å². The molecule has 1 fully saturated rings. The highest BCUT2D eigenvalue weighted by molar-refractivity contribution is 5.73. The van der Waals surface area contributed by atoms with Crippen molar-refractivity contribution in [3.63, 3.8) is 0 Å². The fraction of sp³-hybridized carbons (Fsp3) is 0.727. The fourth-order valence-corrected chi connectivity index (χ4v) is 2.31. The van der Waals surface area contributed by atoms with E-state index in [0.717, 1.165) is 25.7 Å². The lowest BCUT2D eigenvalue weighted by atomic mass is 10.0. The van der Waals surface area contributed by atoms with Crippen LogP contribution in [0.3, 0.4) is 0 Å². The van der Waals surface area contributed by atoms with Gasteiger partial charge in [0.25, 0.3) is 0 Å². The second-order valence-corrected chi connectivity index (χ2v) is 4.99. The Balaban J connectivity index is 1.95. The molecular formula is C11H18N4O3. The molecule has 0 aromatic carbocycles. The van der Waals surface area contributed by atoms with Crippen LogP contribution < -0.4 is 5.73 Å². The smallest absolute Gasteiger partial charge is 0.320 e. The summed E-state index contributed by atoms with van der Waals surface area (Å²) in [5, 5.41) is 26.7. The molecule has 4 N–H and O–H groups in total. The Hall–Kier alpha value is -1.47. The van der Waals surface area contributed by atoms with Crippen LogP contribution in [-0.4, -0.2) is 42.8 Å². The van der Waals surface area contributed by atoms with E-state index < -0.39 is 17.6 Å². The number of carbonyl (C=O) groups is 1. The number of aliphatic carboxylic acids is 1. The molecule has 1 atom stereocenters. The van der Waals surface area contributed by atoms with Gasteiger partial charge in [0, 0.05) is 12.6 Å². The highest BCUT2D eigenvalue weighted by Gasteiger charge is 2.32. The third-order valence-electron chi connectivity index (χ3n) is 3.32. The molecule has 1 aliphatic rings. The van der Waals surface area contributed by atoms with E-state index >= 15 is 0 Å². The van der Waals surface area contributed by atoms with Gasteiger partial charge in [-0.15, -0.1) is 5.10 Å². The summed E-state index contributed by atoms with van der Waals surface area (Å²) in [4.78, 5) is 10.6. The first-order chi connectivity index (χ1) is 8.48. The molecule has 0 aliphatic heterocycles. The van der Waals surface area contributed by atoms with Gasteiger partial charge in [-0.25, -0.2) is 4.68 Å². The van der Waals surface area contributed by atoms with Gasteiger partial charge in [-0.1, -0.05) is 18.1 Å². The van der Waals surface area contributed by atoms with Crippen molar-refractivity contribution in [2.45, 2.75) is 50.3 Å². The van der Waals surface area contributed by atoms with E-state index in [-0.39, 0.29) is 6.42 Å². The number of hydrogen-bond acceptors (Lipinski definition) is 5. The van der Waals surface area contributed by atoms with Crippen molar-refractivity contribution in [3.05, 3.63) is 11.9 Å². The zero-order chi connectivity index (χ0) is 13.2. The number of nitrogens with zero attached hydrogens (tertiary/aromatic N) is 3. The monoisotopic (exact) mass is 254 g/mol. The molecule has 0 amide bonds. The summed E-state index contributed by atoms with van der Waals surface area (Å²) in [5.41, 5.74) is 5.26. The van der Waals surface area contributed by atoms with Gasteiger partial charge in [-0.3, -0.25) is 4.79 Å². The number of carboxylic acid groups (broad SMARTS) is 1. The molecule has 100 valence electrons.